The van der Waals surface area contributed by atoms with Crippen LogP contribution in [0.5, 0.6) is 0 Å². The third-order valence-electron chi connectivity index (χ3n) is 1.83. The van der Waals surface area contributed by atoms with Gasteiger partial charge in [-0.1, -0.05) is 39.5 Å². The molecule has 0 bridgehead atoms. The zero-order chi connectivity index (χ0) is 9.45. The molecule has 0 aliphatic heterocycles. The van der Waals surface area contributed by atoms with Crippen LogP contribution in [0.3, 0.4) is 0 Å². The second-order valence-electron chi connectivity index (χ2n) is 3.19. The lowest BCUT2D eigenvalue weighted by molar-refractivity contribution is 0.0806. The van der Waals surface area contributed by atoms with E-state index in [1.807, 2.05) is 6.92 Å². The zero-order valence-corrected chi connectivity index (χ0v) is 8.48. The first kappa shape index (κ1) is 11.5. The summed E-state index contributed by atoms with van der Waals surface area (Å²) in [7, 11) is 0. The van der Waals surface area contributed by atoms with Crippen LogP contribution < -0.4 is 0 Å². The van der Waals surface area contributed by atoms with Gasteiger partial charge < -0.3 is 5.11 Å². The van der Waals surface area contributed by atoms with Crippen LogP contribution >= 0.6 is 0 Å². The highest BCUT2D eigenvalue weighted by Gasteiger charge is 2.20. The van der Waals surface area contributed by atoms with E-state index in [1.165, 1.54) is 0 Å². The van der Waals surface area contributed by atoms with Crippen molar-refractivity contribution in [1.82, 2.24) is 0 Å². The first-order chi connectivity index (χ1) is 5.68. The summed E-state index contributed by atoms with van der Waals surface area (Å²) < 4.78 is 0. The molecule has 0 unspecified atom stereocenters. The summed E-state index contributed by atoms with van der Waals surface area (Å²) in [5.41, 5.74) is -0.709. The van der Waals surface area contributed by atoms with Crippen molar-refractivity contribution < 1.29 is 5.11 Å². The van der Waals surface area contributed by atoms with E-state index < -0.39 is 5.60 Å². The molecule has 0 aliphatic rings. The van der Waals surface area contributed by atoms with Crippen LogP contribution in [0, 0.1) is 11.8 Å². The van der Waals surface area contributed by atoms with E-state index in [9.17, 15) is 5.11 Å². The van der Waals surface area contributed by atoms with Crippen molar-refractivity contribution in [1.29, 1.82) is 0 Å². The molecule has 0 spiro atoms. The predicted molar refractivity (Wildman–Crippen MR) is 52.8 cm³/mol. The zero-order valence-electron chi connectivity index (χ0n) is 8.48. The minimum Gasteiger partial charge on any atom is -0.378 e. The molecule has 1 heteroatoms. The van der Waals surface area contributed by atoms with E-state index in [-0.39, 0.29) is 0 Å². The normalized spacial score (nSPS) is 10.7. The number of rotatable bonds is 4. The molecule has 0 rings (SSSR count). The Morgan fingerprint density at radius 2 is 1.58 bits per heavy atom. The first-order valence-corrected chi connectivity index (χ1v) is 4.91. The van der Waals surface area contributed by atoms with Crippen molar-refractivity contribution in [3.63, 3.8) is 0 Å². The van der Waals surface area contributed by atoms with E-state index in [1.54, 1.807) is 0 Å². The molecule has 12 heavy (non-hydrogen) atoms. The molecule has 70 valence electrons. The van der Waals surface area contributed by atoms with Crippen LogP contribution in [0.1, 0.15) is 52.9 Å². The third kappa shape index (κ3) is 4.41. The van der Waals surface area contributed by atoms with Gasteiger partial charge in [-0.15, -0.1) is 5.92 Å². The monoisotopic (exact) mass is 168 g/mol. The Bertz CT molecular complexity index is 156. The van der Waals surface area contributed by atoms with Crippen LogP contribution in [-0.2, 0) is 0 Å². The molecular formula is C11H20O. The third-order valence-corrected chi connectivity index (χ3v) is 1.83. The molecule has 0 saturated carbocycles. The molecule has 0 heterocycles. The average molecular weight is 168 g/mol. The second-order valence-corrected chi connectivity index (χ2v) is 3.19. The smallest absolute Gasteiger partial charge is 0.125 e. The van der Waals surface area contributed by atoms with Crippen LogP contribution in [0.4, 0.5) is 0 Å². The Morgan fingerprint density at radius 3 is 1.92 bits per heavy atom. The molecule has 1 N–H and O–H groups in total. The Kier molecular flexibility index (Phi) is 5.84. The summed E-state index contributed by atoms with van der Waals surface area (Å²) in [6, 6.07) is 0. The maximum Gasteiger partial charge on any atom is 0.125 e. The summed E-state index contributed by atoms with van der Waals surface area (Å²) in [6.45, 7) is 6.16. The minimum absolute atomic E-state index is 0.709. The van der Waals surface area contributed by atoms with E-state index >= 15 is 0 Å². The van der Waals surface area contributed by atoms with E-state index in [0.29, 0.717) is 0 Å². The van der Waals surface area contributed by atoms with Crippen molar-refractivity contribution in [3.05, 3.63) is 0 Å². The Morgan fingerprint density at radius 1 is 1.08 bits per heavy atom. The Balaban J connectivity index is 4.16. The highest BCUT2D eigenvalue weighted by Crippen LogP contribution is 2.18. The molecule has 0 radical (unpaired) electrons. The SMILES string of the molecule is CCC#CC(O)(CCC)CCC. The Hall–Kier alpha value is -0.480. The van der Waals surface area contributed by atoms with Crippen molar-refractivity contribution >= 4 is 0 Å². The lowest BCUT2D eigenvalue weighted by Crippen LogP contribution is -2.25. The number of aliphatic hydroxyl groups is 1. The van der Waals surface area contributed by atoms with E-state index in [0.717, 1.165) is 32.1 Å². The Labute approximate surface area is 76.2 Å². The van der Waals surface area contributed by atoms with Gasteiger partial charge in [-0.3, -0.25) is 0 Å². The van der Waals surface area contributed by atoms with Gasteiger partial charge in [0.2, 0.25) is 0 Å². The molecule has 0 fully saturated rings. The second kappa shape index (κ2) is 6.08. The summed E-state index contributed by atoms with van der Waals surface area (Å²) in [5.74, 6) is 5.91. The van der Waals surface area contributed by atoms with Gasteiger partial charge in [0, 0.05) is 6.42 Å². The molecular weight excluding hydrogens is 148 g/mol. The van der Waals surface area contributed by atoms with Gasteiger partial charge in [-0.2, -0.15) is 0 Å². The first-order valence-electron chi connectivity index (χ1n) is 4.91. The maximum atomic E-state index is 9.97. The van der Waals surface area contributed by atoms with Crippen LogP contribution in [0.15, 0.2) is 0 Å². The largest absolute Gasteiger partial charge is 0.378 e. The molecule has 0 aliphatic carbocycles. The van der Waals surface area contributed by atoms with Crippen LogP contribution in [0.25, 0.3) is 0 Å². The molecule has 0 saturated heterocycles. The summed E-state index contributed by atoms with van der Waals surface area (Å²) >= 11 is 0. The van der Waals surface area contributed by atoms with Crippen molar-refractivity contribution in [2.45, 2.75) is 58.5 Å². The quantitative estimate of drug-likeness (QED) is 0.640. The fourth-order valence-corrected chi connectivity index (χ4v) is 1.33. The fraction of sp³-hybridized carbons (Fsp3) is 0.818. The number of hydrogen-bond acceptors (Lipinski definition) is 1. The highest BCUT2D eigenvalue weighted by molar-refractivity contribution is 5.13. The molecule has 1 nitrogen and oxygen atoms in total. The van der Waals surface area contributed by atoms with E-state index in [2.05, 4.69) is 25.7 Å². The predicted octanol–water partition coefficient (Wildman–Crippen LogP) is 2.73. The topological polar surface area (TPSA) is 20.2 Å². The molecule has 0 atom stereocenters. The van der Waals surface area contributed by atoms with Gasteiger partial charge in [0.1, 0.15) is 5.60 Å². The minimum atomic E-state index is -0.709. The van der Waals surface area contributed by atoms with Gasteiger partial charge in [-0.05, 0) is 12.8 Å². The molecule has 0 aromatic rings. The highest BCUT2D eigenvalue weighted by atomic mass is 16.3. The summed E-state index contributed by atoms with van der Waals surface area (Å²) in [5, 5.41) is 9.97. The van der Waals surface area contributed by atoms with Gasteiger partial charge >= 0.3 is 0 Å². The van der Waals surface area contributed by atoms with Gasteiger partial charge in [0.15, 0.2) is 0 Å². The number of hydrogen-bond donors (Lipinski definition) is 1. The van der Waals surface area contributed by atoms with Crippen LogP contribution in [-0.4, -0.2) is 10.7 Å². The van der Waals surface area contributed by atoms with E-state index in [4.69, 9.17) is 0 Å². The average Bonchev–Trinajstić information content (AvgIpc) is 2.02. The van der Waals surface area contributed by atoms with Crippen molar-refractivity contribution in [3.8, 4) is 11.8 Å². The van der Waals surface area contributed by atoms with Crippen molar-refractivity contribution in [2.24, 2.45) is 0 Å². The summed E-state index contributed by atoms with van der Waals surface area (Å²) in [4.78, 5) is 0. The molecule has 0 aromatic heterocycles. The van der Waals surface area contributed by atoms with Gasteiger partial charge in [0.05, 0.1) is 0 Å². The fourth-order valence-electron chi connectivity index (χ4n) is 1.33. The molecule has 0 aromatic carbocycles. The van der Waals surface area contributed by atoms with Crippen molar-refractivity contribution in [2.75, 3.05) is 0 Å². The maximum absolute atomic E-state index is 9.97. The lowest BCUT2D eigenvalue weighted by atomic mass is 9.93. The summed E-state index contributed by atoms with van der Waals surface area (Å²) in [6.07, 6.45) is 4.42. The standard InChI is InChI=1S/C11H20O/c1-4-7-10-11(12,8-5-2)9-6-3/h12H,4-6,8-9H2,1-3H3. The van der Waals surface area contributed by atoms with Crippen LogP contribution in [0.2, 0.25) is 0 Å². The van der Waals surface area contributed by atoms with Gasteiger partial charge in [0.25, 0.3) is 0 Å². The lowest BCUT2D eigenvalue weighted by Gasteiger charge is -2.20. The van der Waals surface area contributed by atoms with Gasteiger partial charge in [-0.25, -0.2) is 0 Å². The molecule has 0 amide bonds.